The molecule has 21 heavy (non-hydrogen) atoms. The molecule has 2 aromatic carbocycles. The molecule has 0 aliphatic heterocycles. The number of amides is 1. The zero-order chi connectivity index (χ0) is 15.1. The SMILES string of the molecule is C=CCN[C@H](C(=O)Nc1ccccc1)c1ccc(Cl)cc1. The topological polar surface area (TPSA) is 41.1 Å². The zero-order valence-electron chi connectivity index (χ0n) is 11.6. The van der Waals surface area contributed by atoms with Crippen LogP contribution in [0.15, 0.2) is 67.3 Å². The van der Waals surface area contributed by atoms with E-state index < -0.39 is 6.04 Å². The van der Waals surface area contributed by atoms with E-state index in [2.05, 4.69) is 17.2 Å². The summed E-state index contributed by atoms with van der Waals surface area (Å²) in [5.41, 5.74) is 1.62. The van der Waals surface area contributed by atoms with Crippen LogP contribution in [0.3, 0.4) is 0 Å². The Morgan fingerprint density at radius 2 is 1.81 bits per heavy atom. The van der Waals surface area contributed by atoms with E-state index in [1.54, 1.807) is 18.2 Å². The second-order valence-electron chi connectivity index (χ2n) is 4.54. The molecule has 0 saturated heterocycles. The van der Waals surface area contributed by atoms with Gasteiger partial charge in [-0.15, -0.1) is 6.58 Å². The molecular formula is C17H17ClN2O. The summed E-state index contributed by atoms with van der Waals surface area (Å²) in [4.78, 5) is 12.5. The van der Waals surface area contributed by atoms with Crippen LogP contribution >= 0.6 is 11.6 Å². The highest BCUT2D eigenvalue weighted by molar-refractivity contribution is 6.30. The van der Waals surface area contributed by atoms with Gasteiger partial charge in [0.15, 0.2) is 0 Å². The van der Waals surface area contributed by atoms with Gasteiger partial charge in [0, 0.05) is 17.3 Å². The summed E-state index contributed by atoms with van der Waals surface area (Å²) >= 11 is 5.89. The number of benzene rings is 2. The van der Waals surface area contributed by atoms with Gasteiger partial charge in [0.1, 0.15) is 6.04 Å². The summed E-state index contributed by atoms with van der Waals surface area (Å²) in [5, 5.41) is 6.69. The Bertz CT molecular complexity index is 596. The van der Waals surface area contributed by atoms with Crippen LogP contribution in [-0.2, 0) is 4.79 Å². The molecule has 0 heterocycles. The highest BCUT2D eigenvalue weighted by Gasteiger charge is 2.19. The molecule has 0 unspecified atom stereocenters. The van der Waals surface area contributed by atoms with Crippen molar-refractivity contribution in [1.29, 1.82) is 0 Å². The normalized spacial score (nSPS) is 11.7. The average Bonchev–Trinajstić information content (AvgIpc) is 2.50. The van der Waals surface area contributed by atoms with Crippen molar-refractivity contribution in [2.24, 2.45) is 0 Å². The number of hydrogen-bond acceptors (Lipinski definition) is 2. The van der Waals surface area contributed by atoms with E-state index in [1.807, 2.05) is 42.5 Å². The Labute approximate surface area is 129 Å². The predicted octanol–water partition coefficient (Wildman–Crippen LogP) is 3.80. The van der Waals surface area contributed by atoms with Gasteiger partial charge in [-0.25, -0.2) is 0 Å². The monoisotopic (exact) mass is 300 g/mol. The Hall–Kier alpha value is -2.10. The van der Waals surface area contributed by atoms with Crippen molar-refractivity contribution in [1.82, 2.24) is 5.32 Å². The Morgan fingerprint density at radius 1 is 1.14 bits per heavy atom. The van der Waals surface area contributed by atoms with E-state index in [0.29, 0.717) is 11.6 Å². The summed E-state index contributed by atoms with van der Waals surface area (Å²) in [6.07, 6.45) is 1.72. The van der Waals surface area contributed by atoms with Crippen LogP contribution in [0, 0.1) is 0 Å². The lowest BCUT2D eigenvalue weighted by molar-refractivity contribution is -0.118. The van der Waals surface area contributed by atoms with Crippen molar-refractivity contribution in [2.75, 3.05) is 11.9 Å². The van der Waals surface area contributed by atoms with Crippen molar-refractivity contribution < 1.29 is 4.79 Å². The minimum Gasteiger partial charge on any atom is -0.324 e. The molecule has 0 fully saturated rings. The van der Waals surface area contributed by atoms with E-state index in [-0.39, 0.29) is 5.91 Å². The highest BCUT2D eigenvalue weighted by Crippen LogP contribution is 2.18. The molecule has 0 aromatic heterocycles. The largest absolute Gasteiger partial charge is 0.324 e. The summed E-state index contributed by atoms with van der Waals surface area (Å²) in [5.74, 6) is -0.120. The molecule has 0 saturated carbocycles. The molecule has 4 heteroatoms. The molecule has 1 amide bonds. The van der Waals surface area contributed by atoms with Crippen molar-refractivity contribution in [3.63, 3.8) is 0 Å². The number of para-hydroxylation sites is 1. The van der Waals surface area contributed by atoms with Crippen LogP contribution in [-0.4, -0.2) is 12.5 Å². The standard InChI is InChI=1S/C17H17ClN2O/c1-2-12-19-16(13-8-10-14(18)11-9-13)17(21)20-15-6-4-3-5-7-15/h2-11,16,19H,1,12H2,(H,20,21)/t16-/m0/s1. The smallest absolute Gasteiger partial charge is 0.246 e. The average molecular weight is 301 g/mol. The summed E-state index contributed by atoms with van der Waals surface area (Å²) in [6.45, 7) is 4.21. The van der Waals surface area contributed by atoms with Crippen molar-refractivity contribution in [3.05, 3.63) is 77.8 Å². The van der Waals surface area contributed by atoms with Crippen LogP contribution in [0.25, 0.3) is 0 Å². The molecule has 108 valence electrons. The maximum atomic E-state index is 12.5. The lowest BCUT2D eigenvalue weighted by Gasteiger charge is -2.18. The van der Waals surface area contributed by atoms with E-state index in [1.165, 1.54) is 0 Å². The van der Waals surface area contributed by atoms with Gasteiger partial charge < -0.3 is 5.32 Å². The highest BCUT2D eigenvalue weighted by atomic mass is 35.5. The molecule has 0 radical (unpaired) electrons. The number of carbonyl (C=O) groups excluding carboxylic acids is 1. The van der Waals surface area contributed by atoms with E-state index in [4.69, 9.17) is 11.6 Å². The first kappa shape index (κ1) is 15.3. The first-order valence-corrected chi connectivity index (χ1v) is 7.04. The molecule has 2 N–H and O–H groups in total. The van der Waals surface area contributed by atoms with Gasteiger partial charge >= 0.3 is 0 Å². The van der Waals surface area contributed by atoms with Gasteiger partial charge in [0.05, 0.1) is 0 Å². The Balaban J connectivity index is 2.16. The lowest BCUT2D eigenvalue weighted by Crippen LogP contribution is -2.33. The molecule has 0 aliphatic carbocycles. The van der Waals surface area contributed by atoms with Crippen molar-refractivity contribution in [3.8, 4) is 0 Å². The molecule has 2 aromatic rings. The zero-order valence-corrected chi connectivity index (χ0v) is 12.3. The number of carbonyl (C=O) groups is 1. The Kier molecular flexibility index (Phi) is 5.55. The van der Waals surface area contributed by atoms with Crippen molar-refractivity contribution in [2.45, 2.75) is 6.04 Å². The van der Waals surface area contributed by atoms with Crippen LogP contribution in [0.5, 0.6) is 0 Å². The number of anilines is 1. The third-order valence-electron chi connectivity index (χ3n) is 2.97. The number of nitrogens with one attached hydrogen (secondary N) is 2. The van der Waals surface area contributed by atoms with Gasteiger partial charge in [-0.2, -0.15) is 0 Å². The lowest BCUT2D eigenvalue weighted by atomic mass is 10.1. The second kappa shape index (κ2) is 7.62. The quantitative estimate of drug-likeness (QED) is 0.797. The van der Waals surface area contributed by atoms with E-state index in [9.17, 15) is 4.79 Å². The molecule has 3 nitrogen and oxygen atoms in total. The maximum Gasteiger partial charge on any atom is 0.246 e. The summed E-state index contributed by atoms with van der Waals surface area (Å²) < 4.78 is 0. The predicted molar refractivity (Wildman–Crippen MR) is 87.5 cm³/mol. The van der Waals surface area contributed by atoms with Crippen LogP contribution < -0.4 is 10.6 Å². The third-order valence-corrected chi connectivity index (χ3v) is 3.23. The first-order chi connectivity index (χ1) is 10.2. The summed E-state index contributed by atoms with van der Waals surface area (Å²) in [6, 6.07) is 16.1. The first-order valence-electron chi connectivity index (χ1n) is 6.66. The van der Waals surface area contributed by atoms with Crippen LogP contribution in [0.2, 0.25) is 5.02 Å². The van der Waals surface area contributed by atoms with E-state index >= 15 is 0 Å². The number of hydrogen-bond donors (Lipinski definition) is 2. The minimum absolute atomic E-state index is 0.120. The number of rotatable bonds is 6. The molecule has 0 aliphatic rings. The maximum absolute atomic E-state index is 12.5. The van der Waals surface area contributed by atoms with Crippen LogP contribution in [0.1, 0.15) is 11.6 Å². The number of halogens is 1. The van der Waals surface area contributed by atoms with Crippen molar-refractivity contribution >= 4 is 23.2 Å². The molecular weight excluding hydrogens is 284 g/mol. The van der Waals surface area contributed by atoms with Gasteiger partial charge in [-0.05, 0) is 29.8 Å². The fraction of sp³-hybridized carbons (Fsp3) is 0.118. The minimum atomic E-state index is -0.458. The van der Waals surface area contributed by atoms with Gasteiger partial charge in [-0.3, -0.25) is 10.1 Å². The molecule has 0 spiro atoms. The van der Waals surface area contributed by atoms with Gasteiger partial charge in [0.25, 0.3) is 0 Å². The van der Waals surface area contributed by atoms with Gasteiger partial charge in [0.2, 0.25) is 5.91 Å². The molecule has 0 bridgehead atoms. The summed E-state index contributed by atoms with van der Waals surface area (Å²) in [7, 11) is 0. The molecule has 2 rings (SSSR count). The third kappa shape index (κ3) is 4.45. The van der Waals surface area contributed by atoms with E-state index in [0.717, 1.165) is 11.3 Å². The van der Waals surface area contributed by atoms with Gasteiger partial charge in [-0.1, -0.05) is 48.0 Å². The second-order valence-corrected chi connectivity index (χ2v) is 4.97. The molecule has 1 atom stereocenters. The Morgan fingerprint density at radius 3 is 2.43 bits per heavy atom. The fourth-order valence-electron chi connectivity index (χ4n) is 1.95. The fourth-order valence-corrected chi connectivity index (χ4v) is 2.08. The van der Waals surface area contributed by atoms with Crippen LogP contribution in [0.4, 0.5) is 5.69 Å².